The Morgan fingerprint density at radius 2 is 1.68 bits per heavy atom. The fourth-order valence-electron chi connectivity index (χ4n) is 2.54. The van der Waals surface area contributed by atoms with E-state index in [1.807, 2.05) is 55.5 Å². The molecule has 110 valence electrons. The maximum Gasteiger partial charge on any atom is 0.489 e. The summed E-state index contributed by atoms with van der Waals surface area (Å²) in [6.45, 7) is 2.45. The van der Waals surface area contributed by atoms with Crippen molar-refractivity contribution in [2.24, 2.45) is 0 Å². The van der Waals surface area contributed by atoms with Crippen molar-refractivity contribution >= 4 is 23.4 Å². The van der Waals surface area contributed by atoms with Crippen LogP contribution in [0.15, 0.2) is 60.7 Å². The zero-order valence-corrected chi connectivity index (χ0v) is 12.4. The highest BCUT2D eigenvalue weighted by Crippen LogP contribution is 2.26. The Balaban J connectivity index is 1.98. The fourth-order valence-corrected chi connectivity index (χ4v) is 2.54. The molecule has 0 unspecified atom stereocenters. The van der Waals surface area contributed by atoms with Crippen LogP contribution in [0.5, 0.6) is 5.75 Å². The molecule has 0 bridgehead atoms. The first-order valence-corrected chi connectivity index (χ1v) is 7.21. The molecule has 0 spiro atoms. The Morgan fingerprint density at radius 3 is 2.41 bits per heavy atom. The summed E-state index contributed by atoms with van der Waals surface area (Å²) < 4.78 is 5.92. The quantitative estimate of drug-likeness (QED) is 0.726. The molecule has 3 rings (SSSR count). The van der Waals surface area contributed by atoms with Gasteiger partial charge in [0, 0.05) is 5.39 Å². The molecule has 0 saturated carbocycles. The van der Waals surface area contributed by atoms with E-state index < -0.39 is 7.12 Å². The van der Waals surface area contributed by atoms with Gasteiger partial charge in [0.15, 0.2) is 0 Å². The topological polar surface area (TPSA) is 49.7 Å². The second-order valence-corrected chi connectivity index (χ2v) is 5.35. The summed E-state index contributed by atoms with van der Waals surface area (Å²) in [6.07, 6.45) is 0. The standard InChI is InChI=1S/C18H17BO3/c1-13-7-8-15-16(11-13)17(19(20)21)9-10-18(15)22-12-14-5-3-2-4-6-14/h2-11,20-21H,12H2,1H3. The lowest BCUT2D eigenvalue weighted by atomic mass is 9.77. The third kappa shape index (κ3) is 2.98. The fraction of sp³-hybridized carbons (Fsp3) is 0.111. The number of hydrogen-bond donors (Lipinski definition) is 2. The number of fused-ring (bicyclic) bond motifs is 1. The van der Waals surface area contributed by atoms with Crippen molar-refractivity contribution in [3.8, 4) is 5.75 Å². The highest BCUT2D eigenvalue weighted by atomic mass is 16.5. The molecule has 4 heteroatoms. The normalized spacial score (nSPS) is 10.7. The van der Waals surface area contributed by atoms with Crippen LogP contribution >= 0.6 is 0 Å². The second-order valence-electron chi connectivity index (χ2n) is 5.35. The number of hydrogen-bond acceptors (Lipinski definition) is 3. The second kappa shape index (κ2) is 6.22. The third-order valence-corrected chi connectivity index (χ3v) is 3.68. The van der Waals surface area contributed by atoms with Crippen molar-refractivity contribution in [2.75, 3.05) is 0 Å². The van der Waals surface area contributed by atoms with Gasteiger partial charge in [0.05, 0.1) is 0 Å². The summed E-state index contributed by atoms with van der Waals surface area (Å²) in [7, 11) is -1.49. The van der Waals surface area contributed by atoms with E-state index in [0.29, 0.717) is 12.1 Å². The Labute approximate surface area is 129 Å². The van der Waals surface area contributed by atoms with Gasteiger partial charge in [-0.2, -0.15) is 0 Å². The lowest BCUT2D eigenvalue weighted by Gasteiger charge is -2.13. The van der Waals surface area contributed by atoms with Gasteiger partial charge >= 0.3 is 7.12 Å². The average molecular weight is 292 g/mol. The van der Waals surface area contributed by atoms with Gasteiger partial charge in [-0.25, -0.2) is 0 Å². The Kier molecular flexibility index (Phi) is 4.14. The van der Waals surface area contributed by atoms with Gasteiger partial charge in [-0.05, 0) is 29.4 Å². The van der Waals surface area contributed by atoms with Gasteiger partial charge in [-0.1, -0.05) is 60.2 Å². The minimum atomic E-state index is -1.49. The zero-order valence-electron chi connectivity index (χ0n) is 12.4. The molecule has 0 fully saturated rings. The SMILES string of the molecule is Cc1ccc2c(OCc3ccccc3)ccc(B(O)O)c2c1. The lowest BCUT2D eigenvalue weighted by molar-refractivity contribution is 0.310. The first-order chi connectivity index (χ1) is 10.6. The number of aryl methyl sites for hydroxylation is 1. The minimum Gasteiger partial charge on any atom is -0.488 e. The Hall–Kier alpha value is -2.30. The molecule has 22 heavy (non-hydrogen) atoms. The van der Waals surface area contributed by atoms with Crippen LogP contribution in [0.25, 0.3) is 10.8 Å². The predicted molar refractivity (Wildman–Crippen MR) is 89.3 cm³/mol. The Morgan fingerprint density at radius 1 is 0.909 bits per heavy atom. The van der Waals surface area contributed by atoms with Gasteiger partial charge in [-0.15, -0.1) is 0 Å². The van der Waals surface area contributed by atoms with E-state index in [1.54, 1.807) is 12.1 Å². The van der Waals surface area contributed by atoms with Crippen molar-refractivity contribution in [3.63, 3.8) is 0 Å². The van der Waals surface area contributed by atoms with Crippen LogP contribution in [0.4, 0.5) is 0 Å². The van der Waals surface area contributed by atoms with Crippen LogP contribution in [0.2, 0.25) is 0 Å². The number of benzene rings is 3. The summed E-state index contributed by atoms with van der Waals surface area (Å²) in [5.74, 6) is 0.739. The molecule has 3 aromatic rings. The van der Waals surface area contributed by atoms with Crippen LogP contribution in [0.1, 0.15) is 11.1 Å². The maximum absolute atomic E-state index is 9.53. The van der Waals surface area contributed by atoms with Crippen LogP contribution in [0.3, 0.4) is 0 Å². The lowest BCUT2D eigenvalue weighted by Crippen LogP contribution is -2.30. The summed E-state index contributed by atoms with van der Waals surface area (Å²) in [5, 5.41) is 20.7. The molecule has 0 heterocycles. The monoisotopic (exact) mass is 292 g/mol. The van der Waals surface area contributed by atoms with Gasteiger partial charge < -0.3 is 14.8 Å². The molecule has 0 aliphatic heterocycles. The molecule has 0 radical (unpaired) electrons. The Bertz CT molecular complexity index is 785. The number of ether oxygens (including phenoxy) is 1. The summed E-state index contributed by atoms with van der Waals surface area (Å²) in [4.78, 5) is 0. The molecular weight excluding hydrogens is 275 g/mol. The molecule has 0 aliphatic rings. The molecule has 0 saturated heterocycles. The largest absolute Gasteiger partial charge is 0.489 e. The van der Waals surface area contributed by atoms with Crippen LogP contribution in [-0.4, -0.2) is 17.2 Å². The van der Waals surface area contributed by atoms with Crippen LogP contribution in [-0.2, 0) is 6.61 Å². The molecule has 0 aromatic heterocycles. The van der Waals surface area contributed by atoms with E-state index in [2.05, 4.69) is 0 Å². The minimum absolute atomic E-state index is 0.477. The molecule has 3 aromatic carbocycles. The van der Waals surface area contributed by atoms with Crippen molar-refractivity contribution < 1.29 is 14.8 Å². The summed E-state index contributed by atoms with van der Waals surface area (Å²) in [5.41, 5.74) is 2.65. The summed E-state index contributed by atoms with van der Waals surface area (Å²) >= 11 is 0. The van der Waals surface area contributed by atoms with Gasteiger partial charge in [-0.3, -0.25) is 0 Å². The molecule has 0 amide bonds. The zero-order chi connectivity index (χ0) is 15.5. The van der Waals surface area contributed by atoms with Crippen LogP contribution in [0, 0.1) is 6.92 Å². The molecule has 3 nitrogen and oxygen atoms in total. The molecule has 2 N–H and O–H groups in total. The van der Waals surface area contributed by atoms with Gasteiger partial charge in [0.1, 0.15) is 12.4 Å². The van der Waals surface area contributed by atoms with E-state index >= 15 is 0 Å². The van der Waals surface area contributed by atoms with E-state index in [9.17, 15) is 10.0 Å². The van der Waals surface area contributed by atoms with Crippen molar-refractivity contribution in [1.29, 1.82) is 0 Å². The first-order valence-electron chi connectivity index (χ1n) is 7.21. The van der Waals surface area contributed by atoms with E-state index in [-0.39, 0.29) is 0 Å². The first kappa shape index (κ1) is 14.6. The average Bonchev–Trinajstić information content (AvgIpc) is 2.53. The van der Waals surface area contributed by atoms with Crippen molar-refractivity contribution in [3.05, 3.63) is 71.8 Å². The highest BCUT2D eigenvalue weighted by molar-refractivity contribution is 6.62. The number of rotatable bonds is 4. The van der Waals surface area contributed by atoms with Gasteiger partial charge in [0.2, 0.25) is 0 Å². The highest BCUT2D eigenvalue weighted by Gasteiger charge is 2.16. The molecule has 0 atom stereocenters. The van der Waals surface area contributed by atoms with Gasteiger partial charge in [0.25, 0.3) is 0 Å². The molecule has 0 aliphatic carbocycles. The molecular formula is C18H17BO3. The smallest absolute Gasteiger partial charge is 0.488 e. The summed E-state index contributed by atoms with van der Waals surface area (Å²) in [6, 6.07) is 19.3. The maximum atomic E-state index is 9.53. The van der Waals surface area contributed by atoms with E-state index in [0.717, 1.165) is 27.6 Å². The van der Waals surface area contributed by atoms with Crippen molar-refractivity contribution in [2.45, 2.75) is 13.5 Å². The van der Waals surface area contributed by atoms with E-state index in [4.69, 9.17) is 4.74 Å². The van der Waals surface area contributed by atoms with Crippen molar-refractivity contribution in [1.82, 2.24) is 0 Å². The third-order valence-electron chi connectivity index (χ3n) is 3.68. The van der Waals surface area contributed by atoms with E-state index in [1.165, 1.54) is 0 Å². The van der Waals surface area contributed by atoms with Crippen LogP contribution < -0.4 is 10.2 Å². The predicted octanol–water partition coefficient (Wildman–Crippen LogP) is 2.41.